The normalized spacial score (nSPS) is 20.7. The summed E-state index contributed by atoms with van der Waals surface area (Å²) in [6, 6.07) is 0. The zero-order valence-corrected chi connectivity index (χ0v) is 8.34. The summed E-state index contributed by atoms with van der Waals surface area (Å²) in [6.45, 7) is 1.84. The van der Waals surface area contributed by atoms with Gasteiger partial charge >= 0.3 is 6.16 Å². The molecule has 0 spiro atoms. The Morgan fingerprint density at radius 3 is 2.80 bits per heavy atom. The molecule has 1 aliphatic rings. The minimum atomic E-state index is -0.668. The number of carbonyl (C=O) groups excluding carboxylic acids is 1. The maximum absolute atomic E-state index is 10.2. The van der Waals surface area contributed by atoms with Gasteiger partial charge < -0.3 is 14.2 Å². The molecule has 4 nitrogen and oxygen atoms in total. The number of hydrogen-bond acceptors (Lipinski definition) is 4. The monoisotopic (exact) mass is 315 g/mol. The summed E-state index contributed by atoms with van der Waals surface area (Å²) in [4.78, 5) is 10.2. The second kappa shape index (κ2) is 4.69. The Morgan fingerprint density at radius 1 is 1.80 bits per heavy atom. The molecule has 1 aliphatic heterocycles. The Morgan fingerprint density at radius 2 is 2.40 bits per heavy atom. The molecule has 58 valence electrons. The van der Waals surface area contributed by atoms with E-state index < -0.39 is 6.16 Å². The molecule has 0 bridgehead atoms. The Labute approximate surface area is 73.1 Å². The average molecular weight is 315 g/mol. The van der Waals surface area contributed by atoms with Gasteiger partial charge in [-0.2, -0.15) is 6.61 Å². The van der Waals surface area contributed by atoms with E-state index in [1.807, 2.05) is 0 Å². The second-order valence-electron chi connectivity index (χ2n) is 1.58. The summed E-state index contributed by atoms with van der Waals surface area (Å²) in [5.41, 5.74) is 0. The van der Waals surface area contributed by atoms with Crippen molar-refractivity contribution in [3.8, 4) is 0 Å². The van der Waals surface area contributed by atoms with Crippen LogP contribution in [0.25, 0.3) is 0 Å². The quantitative estimate of drug-likeness (QED) is 0.419. The molecule has 0 aromatic carbocycles. The van der Waals surface area contributed by atoms with E-state index in [0.717, 1.165) is 0 Å². The van der Waals surface area contributed by atoms with Crippen LogP contribution in [0.15, 0.2) is 0 Å². The van der Waals surface area contributed by atoms with E-state index in [4.69, 9.17) is 0 Å². The van der Waals surface area contributed by atoms with Gasteiger partial charge in [0.1, 0.15) is 0 Å². The SMILES string of the molecule is COC(=O)OCC1[CH-]O1.[W]. The zero-order valence-electron chi connectivity index (χ0n) is 5.40. The van der Waals surface area contributed by atoms with Crippen molar-refractivity contribution < 1.29 is 40.1 Å². The molecule has 1 unspecified atom stereocenters. The molecule has 1 fully saturated rings. The van der Waals surface area contributed by atoms with E-state index in [1.54, 1.807) is 6.61 Å². The van der Waals surface area contributed by atoms with Crippen molar-refractivity contribution >= 4 is 6.16 Å². The third-order valence-corrected chi connectivity index (χ3v) is 0.861. The topological polar surface area (TPSA) is 48.1 Å². The van der Waals surface area contributed by atoms with Crippen LogP contribution in [0.3, 0.4) is 0 Å². The molecule has 0 radical (unpaired) electrons. The van der Waals surface area contributed by atoms with Gasteiger partial charge in [-0.3, -0.25) is 0 Å². The molecule has 0 amide bonds. The first kappa shape index (κ1) is 9.92. The van der Waals surface area contributed by atoms with Gasteiger partial charge in [0, 0.05) is 21.1 Å². The number of rotatable bonds is 2. The first-order valence-corrected chi connectivity index (χ1v) is 2.52. The minimum Gasteiger partial charge on any atom is -0.567 e. The van der Waals surface area contributed by atoms with Crippen LogP contribution in [-0.2, 0) is 35.3 Å². The zero-order chi connectivity index (χ0) is 6.69. The molecule has 0 N–H and O–H groups in total. The fourth-order valence-corrected chi connectivity index (χ4v) is 0.343. The molecule has 1 atom stereocenters. The second-order valence-corrected chi connectivity index (χ2v) is 1.58. The summed E-state index contributed by atoms with van der Waals surface area (Å²) in [6.07, 6.45) is -0.678. The van der Waals surface area contributed by atoms with Gasteiger partial charge in [-0.25, -0.2) is 4.79 Å². The van der Waals surface area contributed by atoms with Crippen molar-refractivity contribution in [1.29, 1.82) is 0 Å². The molecule has 1 rings (SSSR count). The predicted octanol–water partition coefficient (Wildman–Crippen LogP) is 0.327. The Bertz CT molecular complexity index is 112. The predicted molar refractivity (Wildman–Crippen MR) is 27.5 cm³/mol. The maximum Gasteiger partial charge on any atom is 0.507 e. The summed E-state index contributed by atoms with van der Waals surface area (Å²) in [5.74, 6) is 0. The molecule has 10 heavy (non-hydrogen) atoms. The summed E-state index contributed by atoms with van der Waals surface area (Å²) < 4.78 is 13.3. The average Bonchev–Trinajstić information content (AvgIpc) is 2.65. The molecular weight excluding hydrogens is 308 g/mol. The minimum absolute atomic E-state index is 0. The van der Waals surface area contributed by atoms with Crippen molar-refractivity contribution in [1.82, 2.24) is 0 Å². The Balaban J connectivity index is 0.000000810. The van der Waals surface area contributed by atoms with Crippen LogP contribution in [0, 0.1) is 6.61 Å². The van der Waals surface area contributed by atoms with Gasteiger partial charge in [-0.05, 0) is 6.10 Å². The summed E-state index contributed by atoms with van der Waals surface area (Å²) in [5, 5.41) is 0. The van der Waals surface area contributed by atoms with Crippen LogP contribution in [-0.4, -0.2) is 26.0 Å². The van der Waals surface area contributed by atoms with Crippen molar-refractivity contribution in [2.75, 3.05) is 13.7 Å². The first-order chi connectivity index (χ1) is 4.33. The van der Waals surface area contributed by atoms with Crippen molar-refractivity contribution in [2.24, 2.45) is 0 Å². The number of carbonyl (C=O) groups is 1. The molecule has 1 saturated heterocycles. The van der Waals surface area contributed by atoms with Gasteiger partial charge in [0.05, 0.1) is 13.7 Å². The largest absolute Gasteiger partial charge is 0.567 e. The number of ether oxygens (including phenoxy) is 3. The fourth-order valence-electron chi connectivity index (χ4n) is 0.343. The summed E-state index contributed by atoms with van der Waals surface area (Å²) in [7, 11) is 1.26. The molecule has 0 saturated carbocycles. The smallest absolute Gasteiger partial charge is 0.507 e. The van der Waals surface area contributed by atoms with Gasteiger partial charge in [0.2, 0.25) is 0 Å². The number of methoxy groups -OCH3 is 1. The van der Waals surface area contributed by atoms with Gasteiger partial charge in [0.15, 0.2) is 0 Å². The van der Waals surface area contributed by atoms with Gasteiger partial charge in [0.25, 0.3) is 0 Å². The molecule has 0 aromatic heterocycles. The van der Waals surface area contributed by atoms with E-state index in [-0.39, 0.29) is 33.8 Å². The van der Waals surface area contributed by atoms with Crippen LogP contribution in [0.5, 0.6) is 0 Å². The Hall–Kier alpha value is -0.0817. The van der Waals surface area contributed by atoms with E-state index in [1.165, 1.54) is 7.11 Å². The number of hydrogen-bond donors (Lipinski definition) is 0. The molecular formula is C5H7O4W-. The van der Waals surface area contributed by atoms with Gasteiger partial charge in [-0.15, -0.1) is 0 Å². The maximum atomic E-state index is 10.2. The number of epoxide rings is 1. The van der Waals surface area contributed by atoms with Crippen molar-refractivity contribution in [2.45, 2.75) is 6.10 Å². The molecule has 0 aliphatic carbocycles. The van der Waals surface area contributed by atoms with Crippen molar-refractivity contribution in [3.63, 3.8) is 0 Å². The molecule has 0 aromatic rings. The van der Waals surface area contributed by atoms with Crippen LogP contribution in [0.2, 0.25) is 0 Å². The van der Waals surface area contributed by atoms with E-state index in [0.29, 0.717) is 0 Å². The van der Waals surface area contributed by atoms with E-state index >= 15 is 0 Å². The fraction of sp³-hybridized carbons (Fsp3) is 0.600. The third-order valence-electron chi connectivity index (χ3n) is 0.861. The third kappa shape index (κ3) is 3.85. The van der Waals surface area contributed by atoms with E-state index in [9.17, 15) is 4.79 Å². The summed E-state index contributed by atoms with van der Waals surface area (Å²) >= 11 is 0. The standard InChI is InChI=1S/C5H7O4.W/c1-7-5(6)9-3-4-2-8-4;/h2,4H,3H2,1H3;/q-1;. The van der Waals surface area contributed by atoms with Crippen LogP contribution < -0.4 is 0 Å². The van der Waals surface area contributed by atoms with Gasteiger partial charge in [-0.1, -0.05) is 0 Å². The first-order valence-electron chi connectivity index (χ1n) is 2.52. The van der Waals surface area contributed by atoms with Crippen LogP contribution in [0.4, 0.5) is 4.79 Å². The molecule has 5 heteroatoms. The van der Waals surface area contributed by atoms with Crippen LogP contribution in [0.1, 0.15) is 0 Å². The van der Waals surface area contributed by atoms with Crippen molar-refractivity contribution in [3.05, 3.63) is 6.61 Å². The Kier molecular flexibility index (Phi) is 4.65. The van der Waals surface area contributed by atoms with Crippen LogP contribution >= 0.6 is 0 Å². The molecule has 1 heterocycles. The van der Waals surface area contributed by atoms with E-state index in [2.05, 4.69) is 14.2 Å².